The van der Waals surface area contributed by atoms with Crippen LogP contribution in [0, 0.1) is 5.92 Å². The standard InChI is InChI=1S/C15H20BrNO/c1-17(10-12-5-7-15(18)8-6-12)11-13-3-2-4-14(16)9-13/h2-4,9,12H,5-8,10-11H2,1H3. The van der Waals surface area contributed by atoms with E-state index in [4.69, 9.17) is 0 Å². The summed E-state index contributed by atoms with van der Waals surface area (Å²) in [5.41, 5.74) is 1.33. The molecule has 0 heterocycles. The fraction of sp³-hybridized carbons (Fsp3) is 0.533. The van der Waals surface area contributed by atoms with Crippen molar-refractivity contribution in [3.05, 3.63) is 34.3 Å². The second-order valence-corrected chi connectivity index (χ2v) is 6.22. The summed E-state index contributed by atoms with van der Waals surface area (Å²) in [6.45, 7) is 2.07. The van der Waals surface area contributed by atoms with Crippen LogP contribution in [-0.2, 0) is 11.3 Å². The first-order chi connectivity index (χ1) is 8.63. The van der Waals surface area contributed by atoms with Gasteiger partial charge in [-0.2, -0.15) is 0 Å². The number of ketones is 1. The normalized spacial score (nSPS) is 17.4. The molecule has 1 aromatic rings. The molecule has 0 aromatic heterocycles. The van der Waals surface area contributed by atoms with Gasteiger partial charge >= 0.3 is 0 Å². The van der Waals surface area contributed by atoms with Crippen molar-refractivity contribution in [1.29, 1.82) is 0 Å². The molecular formula is C15H20BrNO. The Kier molecular flexibility index (Phi) is 4.95. The molecule has 0 bridgehead atoms. The van der Waals surface area contributed by atoms with Crippen LogP contribution in [0.5, 0.6) is 0 Å². The van der Waals surface area contributed by atoms with Crippen LogP contribution in [0.25, 0.3) is 0 Å². The maximum absolute atomic E-state index is 11.2. The average Bonchev–Trinajstić information content (AvgIpc) is 2.32. The van der Waals surface area contributed by atoms with E-state index in [1.54, 1.807) is 0 Å². The van der Waals surface area contributed by atoms with Gasteiger partial charge in [0.05, 0.1) is 0 Å². The van der Waals surface area contributed by atoms with E-state index < -0.39 is 0 Å². The summed E-state index contributed by atoms with van der Waals surface area (Å²) in [5.74, 6) is 1.14. The summed E-state index contributed by atoms with van der Waals surface area (Å²) in [6.07, 6.45) is 3.72. The summed E-state index contributed by atoms with van der Waals surface area (Å²) < 4.78 is 1.14. The van der Waals surface area contributed by atoms with Gasteiger partial charge in [-0.3, -0.25) is 4.79 Å². The molecule has 1 aliphatic rings. The van der Waals surface area contributed by atoms with Gasteiger partial charge in [0.15, 0.2) is 0 Å². The molecule has 3 heteroatoms. The molecule has 98 valence electrons. The van der Waals surface area contributed by atoms with Crippen LogP contribution in [0.2, 0.25) is 0 Å². The largest absolute Gasteiger partial charge is 0.302 e. The number of carbonyl (C=O) groups is 1. The van der Waals surface area contributed by atoms with Gasteiger partial charge in [0, 0.05) is 30.4 Å². The Morgan fingerprint density at radius 3 is 2.72 bits per heavy atom. The molecule has 1 saturated carbocycles. The lowest BCUT2D eigenvalue weighted by atomic mass is 9.88. The van der Waals surface area contributed by atoms with Crippen LogP contribution in [0.4, 0.5) is 0 Å². The number of hydrogen-bond donors (Lipinski definition) is 0. The lowest BCUT2D eigenvalue weighted by molar-refractivity contribution is -0.121. The van der Waals surface area contributed by atoms with Crippen molar-refractivity contribution in [1.82, 2.24) is 4.90 Å². The number of halogens is 1. The predicted molar refractivity (Wildman–Crippen MR) is 77.4 cm³/mol. The van der Waals surface area contributed by atoms with Crippen molar-refractivity contribution in [2.24, 2.45) is 5.92 Å². The monoisotopic (exact) mass is 309 g/mol. The number of nitrogens with zero attached hydrogens (tertiary/aromatic N) is 1. The number of rotatable bonds is 4. The molecule has 1 aromatic carbocycles. The highest BCUT2D eigenvalue weighted by Crippen LogP contribution is 2.22. The Balaban J connectivity index is 1.81. The third-order valence-electron chi connectivity index (χ3n) is 3.57. The van der Waals surface area contributed by atoms with Crippen LogP contribution in [-0.4, -0.2) is 24.3 Å². The summed E-state index contributed by atoms with van der Waals surface area (Å²) in [4.78, 5) is 13.6. The van der Waals surface area contributed by atoms with Crippen molar-refractivity contribution < 1.29 is 4.79 Å². The Labute approximate surface area is 117 Å². The molecule has 0 aliphatic heterocycles. The summed E-state index contributed by atoms with van der Waals surface area (Å²) >= 11 is 3.50. The molecule has 1 aliphatic carbocycles. The Morgan fingerprint density at radius 2 is 2.06 bits per heavy atom. The highest BCUT2D eigenvalue weighted by molar-refractivity contribution is 9.10. The fourth-order valence-electron chi connectivity index (χ4n) is 2.63. The van der Waals surface area contributed by atoms with Crippen LogP contribution >= 0.6 is 15.9 Å². The summed E-state index contributed by atoms with van der Waals surface area (Å²) in [5, 5.41) is 0. The molecule has 0 unspecified atom stereocenters. The van der Waals surface area contributed by atoms with Gasteiger partial charge in [-0.25, -0.2) is 0 Å². The van der Waals surface area contributed by atoms with E-state index in [1.165, 1.54) is 5.56 Å². The van der Waals surface area contributed by atoms with Gasteiger partial charge in [0.2, 0.25) is 0 Å². The number of Topliss-reactive ketones (excluding diaryl/α,β-unsaturated/α-hetero) is 1. The third-order valence-corrected chi connectivity index (χ3v) is 4.07. The van der Waals surface area contributed by atoms with Crippen molar-refractivity contribution in [3.8, 4) is 0 Å². The molecule has 2 rings (SSSR count). The van der Waals surface area contributed by atoms with E-state index in [2.05, 4.69) is 52.1 Å². The minimum absolute atomic E-state index is 0.445. The van der Waals surface area contributed by atoms with E-state index >= 15 is 0 Å². The molecule has 18 heavy (non-hydrogen) atoms. The van der Waals surface area contributed by atoms with Gasteiger partial charge in [-0.15, -0.1) is 0 Å². The molecule has 0 radical (unpaired) electrons. The third kappa shape index (κ3) is 4.21. The zero-order valence-corrected chi connectivity index (χ0v) is 12.4. The highest BCUT2D eigenvalue weighted by atomic mass is 79.9. The number of hydrogen-bond acceptors (Lipinski definition) is 2. The lowest BCUT2D eigenvalue weighted by Crippen LogP contribution is -2.28. The molecular weight excluding hydrogens is 290 g/mol. The van der Waals surface area contributed by atoms with E-state index in [-0.39, 0.29) is 0 Å². The highest BCUT2D eigenvalue weighted by Gasteiger charge is 2.19. The van der Waals surface area contributed by atoms with Crippen molar-refractivity contribution in [2.75, 3.05) is 13.6 Å². The van der Waals surface area contributed by atoms with Gasteiger partial charge < -0.3 is 4.90 Å². The zero-order chi connectivity index (χ0) is 13.0. The smallest absolute Gasteiger partial charge is 0.132 e. The molecule has 0 atom stereocenters. The van der Waals surface area contributed by atoms with E-state index in [0.29, 0.717) is 11.7 Å². The van der Waals surface area contributed by atoms with Crippen LogP contribution in [0.1, 0.15) is 31.2 Å². The Morgan fingerprint density at radius 1 is 1.33 bits per heavy atom. The quantitative estimate of drug-likeness (QED) is 0.846. The van der Waals surface area contributed by atoms with Crippen LogP contribution < -0.4 is 0 Å². The molecule has 2 nitrogen and oxygen atoms in total. The predicted octanol–water partition coefficient (Wildman–Crippen LogP) is 3.64. The Bertz CT molecular complexity index is 409. The van der Waals surface area contributed by atoms with E-state index in [9.17, 15) is 4.79 Å². The minimum Gasteiger partial charge on any atom is -0.302 e. The van der Waals surface area contributed by atoms with Crippen molar-refractivity contribution in [2.45, 2.75) is 32.2 Å². The topological polar surface area (TPSA) is 20.3 Å². The molecule has 0 saturated heterocycles. The van der Waals surface area contributed by atoms with Crippen molar-refractivity contribution in [3.63, 3.8) is 0 Å². The second kappa shape index (κ2) is 6.48. The van der Waals surface area contributed by atoms with Gasteiger partial charge in [-0.05, 0) is 43.5 Å². The van der Waals surface area contributed by atoms with Crippen molar-refractivity contribution >= 4 is 21.7 Å². The summed E-state index contributed by atoms with van der Waals surface area (Å²) in [6, 6.07) is 8.45. The first-order valence-corrected chi connectivity index (χ1v) is 7.37. The summed E-state index contributed by atoms with van der Waals surface area (Å²) in [7, 11) is 2.16. The molecule has 0 spiro atoms. The second-order valence-electron chi connectivity index (χ2n) is 5.31. The van der Waals surface area contributed by atoms with Gasteiger partial charge in [-0.1, -0.05) is 28.1 Å². The van der Waals surface area contributed by atoms with Crippen LogP contribution in [0.3, 0.4) is 0 Å². The molecule has 0 amide bonds. The van der Waals surface area contributed by atoms with Crippen LogP contribution in [0.15, 0.2) is 28.7 Å². The Hall–Kier alpha value is -0.670. The average molecular weight is 310 g/mol. The zero-order valence-electron chi connectivity index (χ0n) is 10.9. The first kappa shape index (κ1) is 13.8. The minimum atomic E-state index is 0.445. The molecule has 1 fully saturated rings. The van der Waals surface area contributed by atoms with Gasteiger partial charge in [0.25, 0.3) is 0 Å². The first-order valence-electron chi connectivity index (χ1n) is 6.58. The fourth-order valence-corrected chi connectivity index (χ4v) is 3.08. The lowest BCUT2D eigenvalue weighted by Gasteiger charge is -2.26. The maximum Gasteiger partial charge on any atom is 0.132 e. The maximum atomic E-state index is 11.2. The number of benzene rings is 1. The van der Waals surface area contributed by atoms with E-state index in [0.717, 1.165) is 43.2 Å². The SMILES string of the molecule is CN(Cc1cccc(Br)c1)CC1CCC(=O)CC1. The molecule has 0 N–H and O–H groups in total. The van der Waals surface area contributed by atoms with E-state index in [1.807, 2.05) is 0 Å². The van der Waals surface area contributed by atoms with Gasteiger partial charge in [0.1, 0.15) is 5.78 Å². The number of carbonyl (C=O) groups excluding carboxylic acids is 1.